The minimum Gasteiger partial charge on any atom is -0.356 e. The molecule has 10 rings (SSSR count). The summed E-state index contributed by atoms with van der Waals surface area (Å²) in [6.07, 6.45) is 7.69. The van der Waals surface area contributed by atoms with Crippen LogP contribution in [0.4, 0.5) is 52.6 Å². The average Bonchev–Trinajstić information content (AvgIpc) is 2.04. The van der Waals surface area contributed by atoms with Crippen molar-refractivity contribution in [1.29, 1.82) is 0 Å². The smallest absolute Gasteiger partial charge is 0.356 e. The highest BCUT2D eigenvalue weighted by molar-refractivity contribution is 5.95. The highest BCUT2D eigenvalue weighted by atomic mass is 19.4. The van der Waals surface area contributed by atoms with Crippen molar-refractivity contribution in [2.45, 2.75) is 89.5 Å². The molecule has 0 spiro atoms. The molecule has 9 heterocycles. The maximum Gasteiger partial charge on any atom is 0.405 e. The van der Waals surface area contributed by atoms with E-state index in [1.54, 1.807) is 57.7 Å². The van der Waals surface area contributed by atoms with Crippen LogP contribution in [0.3, 0.4) is 0 Å². The number of carbonyl (C=O) groups is 3. The van der Waals surface area contributed by atoms with E-state index >= 15 is 0 Å². The second kappa shape index (κ2) is 24.5. The molecule has 1 saturated carbocycles. The number of likely N-dealkylation sites (N-methyl/N-ethyl adjacent to an activating group) is 1. The third-order valence-corrected chi connectivity index (χ3v) is 13.2. The van der Waals surface area contributed by atoms with Gasteiger partial charge in [-0.15, -0.1) is 0 Å². The zero-order chi connectivity index (χ0) is 59.0. The van der Waals surface area contributed by atoms with Gasteiger partial charge in [-0.05, 0) is 82.9 Å². The molecule has 0 unspecified atom stereocenters. The van der Waals surface area contributed by atoms with Gasteiger partial charge < -0.3 is 46.9 Å². The van der Waals surface area contributed by atoms with Crippen LogP contribution in [-0.2, 0) is 14.4 Å². The number of alkyl halides is 5. The van der Waals surface area contributed by atoms with Crippen LogP contribution in [0.15, 0.2) is 92.2 Å². The summed E-state index contributed by atoms with van der Waals surface area (Å²) in [6, 6.07) is 8.78. The Bertz CT molecular complexity index is 3780. The topological polar surface area (TPSA) is 287 Å². The van der Waals surface area contributed by atoms with Gasteiger partial charge in [0, 0.05) is 89.4 Å². The third-order valence-electron chi connectivity index (χ3n) is 13.2. The van der Waals surface area contributed by atoms with E-state index < -0.39 is 71.6 Å². The molecule has 82 heavy (non-hydrogen) atoms. The monoisotopic (exact) mass is 1160 g/mol. The molecule has 3 amide bonds. The summed E-state index contributed by atoms with van der Waals surface area (Å²) >= 11 is 0. The SMILES string of the molecule is CCNC(=O)C1(Nc2ccnc(-c3c[nH]c4ncc(F)cc34)n2)CC1.CC[C@@](C)(Nc1ccnc(-c2c[nH]c3ncc(F)cc23)n1)C(=O)NCC(F)(F)F.CC[C@@](C)(Nc1ccnc(-c2c[nH]c3ncc(F)cc23)n1)C(=O)NCC(F)F.[HH].[HH].[HH].[HH].[HH].[HH].[HH].[HH].[HH]. The standard InChI is InChI=1S/C18H18F4N6O.C18H19F3N6O.C17H17FN6O.9H2/c1-3-17(2,16(29)26-9-18(20,21)22)28-13-4-5-23-15(27-13)12-8-25-14-11(12)6-10(19)7-24-14;1-3-18(2,17(28)25-9-13(20)21)27-14-4-5-22-16(26-14)12-8-24-15-11(12)6-10(19)7-23-15;1-2-19-16(25)17(4-5-17)24-13-3-6-20-15(23-13)12-9-22-14-11(12)7-10(18)8-21-14;;;;;;;;;/h4-8H,3,9H2,1-2H3,(H,24,25)(H,26,29)(H,23,27,28);4-8,13H,3,9H2,1-2H3,(H,23,24)(H,25,28)(H,22,26,27);3,6-9H,2,4-5H2,1H3,(H,19,25)(H,21,22)(H,20,23,24);9*1H/t17-;18-;;;;;;;;;;/m11........../s1. The summed E-state index contributed by atoms with van der Waals surface area (Å²) in [7, 11) is 0. The van der Waals surface area contributed by atoms with Crippen molar-refractivity contribution in [2.24, 2.45) is 0 Å². The van der Waals surface area contributed by atoms with Crippen LogP contribution < -0.4 is 31.9 Å². The quantitative estimate of drug-likeness (QED) is 0.0361. The molecule has 0 saturated heterocycles. The summed E-state index contributed by atoms with van der Waals surface area (Å²) in [5.74, 6) is -0.709. The molecule has 1 aliphatic carbocycles. The van der Waals surface area contributed by atoms with Crippen LogP contribution in [-0.4, -0.2) is 126 Å². The number of halogens is 8. The number of amides is 3. The van der Waals surface area contributed by atoms with Crippen LogP contribution in [0.2, 0.25) is 0 Å². The van der Waals surface area contributed by atoms with Crippen molar-refractivity contribution in [1.82, 2.24) is 75.8 Å². The first-order chi connectivity index (χ1) is 39.0. The number of aromatic amines is 3. The maximum atomic E-state index is 13.5. The first-order valence-corrected chi connectivity index (χ1v) is 25.5. The molecule has 9 aromatic rings. The molecule has 1 fully saturated rings. The number of hydrogen-bond acceptors (Lipinski definition) is 15. The summed E-state index contributed by atoms with van der Waals surface area (Å²) in [5.41, 5.74) is 0.153. The first kappa shape index (κ1) is 58.7. The molecule has 448 valence electrons. The summed E-state index contributed by atoms with van der Waals surface area (Å²) in [5, 5.41) is 17.6. The molecule has 9 N–H and O–H groups in total. The van der Waals surface area contributed by atoms with Crippen molar-refractivity contribution in [3.63, 3.8) is 0 Å². The van der Waals surface area contributed by atoms with Crippen LogP contribution in [0.25, 0.3) is 67.3 Å². The van der Waals surface area contributed by atoms with Crippen molar-refractivity contribution in [2.75, 3.05) is 35.6 Å². The predicted octanol–water partition coefficient (Wildman–Crippen LogP) is 11.0. The van der Waals surface area contributed by atoms with E-state index in [0.717, 1.165) is 31.4 Å². The number of hydrogen-bond donors (Lipinski definition) is 9. The number of fused-ring (bicyclic) bond motifs is 3. The maximum absolute atomic E-state index is 13.5. The Balaban J connectivity index is 0. The lowest BCUT2D eigenvalue weighted by Gasteiger charge is -2.29. The number of rotatable bonds is 18. The number of carbonyl (C=O) groups excluding carboxylic acids is 3. The molecular formula is C53H72F8N18O3. The Morgan fingerprint density at radius 3 is 1.35 bits per heavy atom. The lowest BCUT2D eigenvalue weighted by atomic mass is 9.97. The highest BCUT2D eigenvalue weighted by Crippen LogP contribution is 2.39. The summed E-state index contributed by atoms with van der Waals surface area (Å²) < 4.78 is 103. The van der Waals surface area contributed by atoms with Crippen molar-refractivity contribution < 1.29 is 62.3 Å². The Labute approximate surface area is 474 Å². The number of anilines is 3. The zero-order valence-corrected chi connectivity index (χ0v) is 44.5. The first-order valence-electron chi connectivity index (χ1n) is 25.5. The number of H-pyrrole nitrogens is 3. The van der Waals surface area contributed by atoms with E-state index in [1.807, 2.05) is 12.2 Å². The molecule has 2 atom stereocenters. The van der Waals surface area contributed by atoms with Gasteiger partial charge in [0.05, 0.1) is 25.1 Å². The Morgan fingerprint density at radius 2 is 0.988 bits per heavy atom. The van der Waals surface area contributed by atoms with Crippen molar-refractivity contribution >= 4 is 68.3 Å². The average molecular weight is 1160 g/mol. The third kappa shape index (κ3) is 13.9. The molecule has 9 aromatic heterocycles. The van der Waals surface area contributed by atoms with Crippen molar-refractivity contribution in [3.8, 4) is 34.2 Å². The van der Waals surface area contributed by atoms with Gasteiger partial charge in [-0.1, -0.05) is 13.8 Å². The van der Waals surface area contributed by atoms with Crippen LogP contribution >= 0.6 is 0 Å². The molecule has 0 radical (unpaired) electrons. The number of pyridine rings is 3. The molecule has 0 aliphatic heterocycles. The second-order valence-corrected chi connectivity index (χ2v) is 19.1. The van der Waals surface area contributed by atoms with E-state index in [0.29, 0.717) is 86.0 Å². The fourth-order valence-electron chi connectivity index (χ4n) is 8.19. The molecular weight excluding hydrogens is 1090 g/mol. The zero-order valence-electron chi connectivity index (χ0n) is 44.5. The van der Waals surface area contributed by atoms with E-state index in [4.69, 9.17) is 0 Å². The largest absolute Gasteiger partial charge is 0.405 e. The molecule has 0 bridgehead atoms. The number of nitrogens with one attached hydrogen (secondary N) is 9. The van der Waals surface area contributed by atoms with E-state index in [2.05, 4.69) is 86.4 Å². The van der Waals surface area contributed by atoms with Gasteiger partial charge in [-0.3, -0.25) is 14.4 Å². The van der Waals surface area contributed by atoms with E-state index in [1.165, 1.54) is 43.6 Å². The minimum absolute atomic E-state index is 0. The number of aromatic nitrogens is 12. The Kier molecular flexibility index (Phi) is 17.5. The fourth-order valence-corrected chi connectivity index (χ4v) is 8.19. The molecule has 0 aromatic carbocycles. The van der Waals surface area contributed by atoms with Crippen LogP contribution in [0.5, 0.6) is 0 Å². The van der Waals surface area contributed by atoms with Gasteiger partial charge in [0.25, 0.3) is 6.43 Å². The Hall–Kier alpha value is -9.44. The van der Waals surface area contributed by atoms with Gasteiger partial charge in [-0.2, -0.15) is 13.2 Å². The van der Waals surface area contributed by atoms with Crippen molar-refractivity contribution in [3.05, 3.63) is 110 Å². The highest BCUT2D eigenvalue weighted by Gasteiger charge is 2.50. The minimum atomic E-state index is -4.51. The molecule has 1 aliphatic rings. The fraction of sp³-hybridized carbons (Fsp3) is 0.321. The van der Waals surface area contributed by atoms with Gasteiger partial charge in [0.1, 0.15) is 75.0 Å². The van der Waals surface area contributed by atoms with Crippen LogP contribution in [0.1, 0.15) is 73.1 Å². The van der Waals surface area contributed by atoms with Gasteiger partial charge in [0.2, 0.25) is 17.7 Å². The second-order valence-electron chi connectivity index (χ2n) is 19.1. The van der Waals surface area contributed by atoms with E-state index in [-0.39, 0.29) is 36.8 Å². The van der Waals surface area contributed by atoms with Gasteiger partial charge in [-0.25, -0.2) is 66.8 Å². The lowest BCUT2D eigenvalue weighted by molar-refractivity contribution is -0.140. The Morgan fingerprint density at radius 1 is 0.598 bits per heavy atom. The number of nitrogens with zero attached hydrogens (tertiary/aromatic N) is 9. The van der Waals surface area contributed by atoms with E-state index in [9.17, 15) is 49.5 Å². The van der Waals surface area contributed by atoms with Gasteiger partial charge in [0.15, 0.2) is 17.5 Å². The normalized spacial score (nSPS) is 14.1. The predicted molar refractivity (Wildman–Crippen MR) is 307 cm³/mol. The molecule has 29 heteroatoms. The van der Waals surface area contributed by atoms with Gasteiger partial charge >= 0.3 is 6.18 Å². The lowest BCUT2D eigenvalue weighted by Crippen LogP contribution is -2.52. The summed E-state index contributed by atoms with van der Waals surface area (Å²) in [6.45, 7) is 6.82. The van der Waals surface area contributed by atoms with Crippen LogP contribution in [0, 0.1) is 17.5 Å². The summed E-state index contributed by atoms with van der Waals surface area (Å²) in [4.78, 5) is 83.4. The molecule has 21 nitrogen and oxygen atoms in total.